The zero-order valence-electron chi connectivity index (χ0n) is 9.66. The molecule has 1 atom stereocenters. The minimum Gasteiger partial charge on any atom is -0.501 e. The number of hydrogen-bond donors (Lipinski definition) is 2. The maximum atomic E-state index is 5.86. The third-order valence-electron chi connectivity index (χ3n) is 2.96. The van der Waals surface area contributed by atoms with Gasteiger partial charge >= 0.3 is 0 Å². The van der Waals surface area contributed by atoms with E-state index in [1.807, 2.05) is 30.5 Å². The Balaban J connectivity index is 2.04. The molecular weight excluding hydrogens is 236 g/mol. The van der Waals surface area contributed by atoms with Crippen molar-refractivity contribution in [1.82, 2.24) is 5.43 Å². The highest BCUT2D eigenvalue weighted by molar-refractivity contribution is 6.30. The van der Waals surface area contributed by atoms with Crippen LogP contribution in [-0.2, 0) is 11.2 Å². The zero-order valence-corrected chi connectivity index (χ0v) is 10.4. The van der Waals surface area contributed by atoms with Gasteiger partial charge in [0.25, 0.3) is 0 Å². The molecule has 1 heterocycles. The lowest BCUT2D eigenvalue weighted by molar-refractivity contribution is 0.219. The second-order valence-corrected chi connectivity index (χ2v) is 4.65. The largest absolute Gasteiger partial charge is 0.501 e. The summed E-state index contributed by atoms with van der Waals surface area (Å²) >= 11 is 5.86. The summed E-state index contributed by atoms with van der Waals surface area (Å²) in [5, 5.41) is 0.756. The predicted octanol–water partition coefficient (Wildman–Crippen LogP) is 2.41. The van der Waals surface area contributed by atoms with Gasteiger partial charge in [-0.2, -0.15) is 0 Å². The minimum atomic E-state index is 0.136. The van der Waals surface area contributed by atoms with Crippen molar-refractivity contribution < 1.29 is 4.74 Å². The van der Waals surface area contributed by atoms with Gasteiger partial charge in [0, 0.05) is 11.1 Å². The molecule has 1 aliphatic rings. The van der Waals surface area contributed by atoms with E-state index in [0.29, 0.717) is 0 Å². The van der Waals surface area contributed by atoms with Crippen LogP contribution in [0.5, 0.6) is 0 Å². The van der Waals surface area contributed by atoms with E-state index in [1.54, 1.807) is 0 Å². The van der Waals surface area contributed by atoms with Gasteiger partial charge in [-0.15, -0.1) is 0 Å². The van der Waals surface area contributed by atoms with Crippen molar-refractivity contribution in [1.29, 1.82) is 0 Å². The standard InChI is InChI=1S/C13H17ClN2O/c14-12-5-3-10(4-6-12)8-13(16-15)11-2-1-7-17-9-11/h3-6,9,13,16H,1-2,7-8,15H2. The summed E-state index contributed by atoms with van der Waals surface area (Å²) in [6, 6.07) is 7.98. The van der Waals surface area contributed by atoms with Gasteiger partial charge in [0.05, 0.1) is 12.9 Å². The maximum Gasteiger partial charge on any atom is 0.0876 e. The Labute approximate surface area is 107 Å². The Kier molecular flexibility index (Phi) is 4.42. The minimum absolute atomic E-state index is 0.136. The van der Waals surface area contributed by atoms with Crippen molar-refractivity contribution >= 4 is 11.6 Å². The Bertz CT molecular complexity index is 389. The van der Waals surface area contributed by atoms with Crippen LogP contribution in [0.25, 0.3) is 0 Å². The molecule has 0 radical (unpaired) electrons. The first-order chi connectivity index (χ1) is 8.29. The number of benzene rings is 1. The monoisotopic (exact) mass is 252 g/mol. The van der Waals surface area contributed by atoms with Gasteiger partial charge in [-0.25, -0.2) is 0 Å². The molecule has 0 spiro atoms. The molecule has 0 aromatic heterocycles. The van der Waals surface area contributed by atoms with Crippen molar-refractivity contribution in [3.05, 3.63) is 46.7 Å². The van der Waals surface area contributed by atoms with Crippen LogP contribution >= 0.6 is 11.6 Å². The highest BCUT2D eigenvalue weighted by Crippen LogP contribution is 2.19. The lowest BCUT2D eigenvalue weighted by Crippen LogP contribution is -2.39. The lowest BCUT2D eigenvalue weighted by Gasteiger charge is -2.22. The van der Waals surface area contributed by atoms with Gasteiger partial charge in [0.15, 0.2) is 0 Å². The average Bonchev–Trinajstić information content (AvgIpc) is 2.39. The molecule has 0 bridgehead atoms. The molecular formula is C13H17ClN2O. The third-order valence-corrected chi connectivity index (χ3v) is 3.22. The van der Waals surface area contributed by atoms with Crippen molar-refractivity contribution in [2.24, 2.45) is 5.84 Å². The van der Waals surface area contributed by atoms with Crippen molar-refractivity contribution in [2.75, 3.05) is 6.61 Å². The normalized spacial score (nSPS) is 17.2. The molecule has 92 valence electrons. The van der Waals surface area contributed by atoms with Crippen LogP contribution in [0, 0.1) is 0 Å². The number of ether oxygens (including phenoxy) is 1. The molecule has 0 fully saturated rings. The van der Waals surface area contributed by atoms with Crippen LogP contribution < -0.4 is 11.3 Å². The quantitative estimate of drug-likeness (QED) is 0.639. The molecule has 1 aliphatic heterocycles. The first-order valence-corrected chi connectivity index (χ1v) is 6.18. The number of rotatable bonds is 4. The van der Waals surface area contributed by atoms with Gasteiger partial charge in [-0.1, -0.05) is 23.7 Å². The van der Waals surface area contributed by atoms with Gasteiger partial charge in [-0.3, -0.25) is 11.3 Å². The topological polar surface area (TPSA) is 47.3 Å². The summed E-state index contributed by atoms with van der Waals surface area (Å²) < 4.78 is 5.34. The van der Waals surface area contributed by atoms with Gasteiger partial charge in [-0.05, 0) is 42.5 Å². The van der Waals surface area contributed by atoms with E-state index in [1.165, 1.54) is 11.1 Å². The van der Waals surface area contributed by atoms with E-state index >= 15 is 0 Å². The Morgan fingerprint density at radius 3 is 2.71 bits per heavy atom. The Morgan fingerprint density at radius 2 is 2.12 bits per heavy atom. The van der Waals surface area contributed by atoms with E-state index in [2.05, 4.69) is 5.43 Å². The molecule has 3 N–H and O–H groups in total. The predicted molar refractivity (Wildman–Crippen MR) is 69.5 cm³/mol. The van der Waals surface area contributed by atoms with Crippen LogP contribution in [0.4, 0.5) is 0 Å². The van der Waals surface area contributed by atoms with Crippen LogP contribution in [0.1, 0.15) is 18.4 Å². The second kappa shape index (κ2) is 6.05. The van der Waals surface area contributed by atoms with E-state index in [4.69, 9.17) is 22.2 Å². The van der Waals surface area contributed by atoms with Gasteiger partial charge < -0.3 is 4.74 Å². The second-order valence-electron chi connectivity index (χ2n) is 4.22. The first-order valence-electron chi connectivity index (χ1n) is 5.80. The highest BCUT2D eigenvalue weighted by Gasteiger charge is 2.16. The number of nitrogens with two attached hydrogens (primary N) is 1. The zero-order chi connectivity index (χ0) is 12.1. The summed E-state index contributed by atoms with van der Waals surface area (Å²) in [6.45, 7) is 0.807. The molecule has 4 heteroatoms. The van der Waals surface area contributed by atoms with Crippen molar-refractivity contribution in [2.45, 2.75) is 25.3 Å². The van der Waals surface area contributed by atoms with Crippen LogP contribution in [0.2, 0.25) is 5.02 Å². The van der Waals surface area contributed by atoms with Crippen molar-refractivity contribution in [3.63, 3.8) is 0 Å². The van der Waals surface area contributed by atoms with E-state index in [-0.39, 0.29) is 6.04 Å². The molecule has 0 aliphatic carbocycles. The molecule has 0 amide bonds. The molecule has 1 unspecified atom stereocenters. The van der Waals surface area contributed by atoms with Crippen LogP contribution in [0.3, 0.4) is 0 Å². The Morgan fingerprint density at radius 1 is 1.35 bits per heavy atom. The number of hydrogen-bond acceptors (Lipinski definition) is 3. The average molecular weight is 253 g/mol. The molecule has 3 nitrogen and oxygen atoms in total. The van der Waals surface area contributed by atoms with Crippen LogP contribution in [-0.4, -0.2) is 12.6 Å². The summed E-state index contributed by atoms with van der Waals surface area (Å²) in [4.78, 5) is 0. The highest BCUT2D eigenvalue weighted by atomic mass is 35.5. The lowest BCUT2D eigenvalue weighted by atomic mass is 9.96. The molecule has 1 aromatic rings. The molecule has 2 rings (SSSR count). The van der Waals surface area contributed by atoms with Gasteiger partial charge in [0.1, 0.15) is 0 Å². The van der Waals surface area contributed by atoms with Crippen molar-refractivity contribution in [3.8, 4) is 0 Å². The summed E-state index contributed by atoms with van der Waals surface area (Å²) in [5.74, 6) is 5.61. The third kappa shape index (κ3) is 3.46. The molecule has 1 aromatic carbocycles. The van der Waals surface area contributed by atoms with E-state index in [9.17, 15) is 0 Å². The van der Waals surface area contributed by atoms with Crippen LogP contribution in [0.15, 0.2) is 36.1 Å². The molecule has 0 saturated carbocycles. The van der Waals surface area contributed by atoms with E-state index in [0.717, 1.165) is 30.9 Å². The first kappa shape index (κ1) is 12.4. The maximum absolute atomic E-state index is 5.86. The summed E-state index contributed by atoms with van der Waals surface area (Å²) in [7, 11) is 0. The number of halogens is 1. The van der Waals surface area contributed by atoms with E-state index < -0.39 is 0 Å². The number of hydrazine groups is 1. The fourth-order valence-corrected chi connectivity index (χ4v) is 2.12. The summed E-state index contributed by atoms with van der Waals surface area (Å²) in [6.07, 6.45) is 4.79. The SMILES string of the molecule is NNC(Cc1ccc(Cl)cc1)C1=COCCC1. The number of nitrogens with one attached hydrogen (secondary N) is 1. The van der Waals surface area contributed by atoms with Gasteiger partial charge in [0.2, 0.25) is 0 Å². The fraction of sp³-hybridized carbons (Fsp3) is 0.385. The molecule has 0 saturated heterocycles. The summed E-state index contributed by atoms with van der Waals surface area (Å²) in [5.41, 5.74) is 5.30. The smallest absolute Gasteiger partial charge is 0.0876 e. The fourth-order valence-electron chi connectivity index (χ4n) is 1.99. The Hall–Kier alpha value is -1.03. The molecule has 17 heavy (non-hydrogen) atoms.